The molecule has 0 spiro atoms. The monoisotopic (exact) mass is 496 g/mol. The van der Waals surface area contributed by atoms with Crippen molar-refractivity contribution in [3.63, 3.8) is 0 Å². The third-order valence-corrected chi connectivity index (χ3v) is 8.89. The largest absolute Gasteiger partial charge is 0.476 e. The van der Waals surface area contributed by atoms with Crippen LogP contribution in [-0.4, -0.2) is 38.7 Å². The Kier molecular flexibility index (Phi) is 7.52. The fourth-order valence-electron chi connectivity index (χ4n) is 3.95. The van der Waals surface area contributed by atoms with Crippen LogP contribution >= 0.6 is 22.4 Å². The summed E-state index contributed by atoms with van der Waals surface area (Å²) in [5.41, 5.74) is 7.61. The first-order valence-electron chi connectivity index (χ1n) is 10.4. The summed E-state index contributed by atoms with van der Waals surface area (Å²) in [4.78, 5) is 13.7. The van der Waals surface area contributed by atoms with Crippen LogP contribution in [-0.2, 0) is 4.79 Å². The van der Waals surface area contributed by atoms with Crippen molar-refractivity contribution in [2.75, 3.05) is 29.2 Å². The van der Waals surface area contributed by atoms with Gasteiger partial charge in [0, 0.05) is 35.2 Å². The van der Waals surface area contributed by atoms with Crippen molar-refractivity contribution in [3.8, 4) is 5.75 Å². The van der Waals surface area contributed by atoms with Crippen LogP contribution in [0, 0.1) is 5.41 Å². The van der Waals surface area contributed by atoms with Crippen molar-refractivity contribution in [3.05, 3.63) is 48.5 Å². The van der Waals surface area contributed by atoms with Gasteiger partial charge in [0.15, 0.2) is 0 Å². The van der Waals surface area contributed by atoms with E-state index in [1.54, 1.807) is 24.5 Å². The van der Waals surface area contributed by atoms with E-state index in [0.717, 1.165) is 18.5 Å². The number of nitrogen functional groups attached to an aromatic ring is 1. The van der Waals surface area contributed by atoms with Gasteiger partial charge in [-0.3, -0.25) is 9.11 Å². The number of hydrogen-bond acceptors (Lipinski definition) is 7. The molecule has 0 radical (unpaired) electrons. The van der Waals surface area contributed by atoms with E-state index in [1.807, 2.05) is 26.0 Å². The Morgan fingerprint density at radius 1 is 1.27 bits per heavy atom. The molecule has 3 rings (SSSR count). The summed E-state index contributed by atoms with van der Waals surface area (Å²) < 4.78 is 41.5. The molecule has 0 fully saturated rings. The molecule has 180 valence electrons. The SMILES string of the molecule is CCC1(CC)CN(c2ccc(N)cc2)c2cc(SC)c(O/C=C(\F)C(=O)O)cc2S(O)(O)C1. The van der Waals surface area contributed by atoms with Gasteiger partial charge in [0.05, 0.1) is 15.5 Å². The molecular formula is C23H29FN2O5S2. The smallest absolute Gasteiger partial charge is 0.368 e. The van der Waals surface area contributed by atoms with Crippen LogP contribution in [0.1, 0.15) is 26.7 Å². The van der Waals surface area contributed by atoms with Crippen molar-refractivity contribution >= 4 is 45.4 Å². The van der Waals surface area contributed by atoms with Crippen molar-refractivity contribution in [2.24, 2.45) is 5.41 Å². The third kappa shape index (κ3) is 5.24. The van der Waals surface area contributed by atoms with E-state index in [2.05, 4.69) is 4.90 Å². The molecule has 0 saturated heterocycles. The van der Waals surface area contributed by atoms with Gasteiger partial charge in [-0.25, -0.2) is 4.79 Å². The number of anilines is 3. The zero-order chi connectivity index (χ0) is 24.4. The minimum Gasteiger partial charge on any atom is -0.476 e. The highest BCUT2D eigenvalue weighted by Crippen LogP contribution is 2.61. The summed E-state index contributed by atoms with van der Waals surface area (Å²) >= 11 is 1.32. The minimum absolute atomic E-state index is 0.148. The molecule has 0 unspecified atom stereocenters. The van der Waals surface area contributed by atoms with Crippen molar-refractivity contribution in [1.82, 2.24) is 0 Å². The van der Waals surface area contributed by atoms with Gasteiger partial charge in [0.1, 0.15) is 12.0 Å². The molecule has 0 amide bonds. The number of nitrogens with two attached hydrogens (primary N) is 1. The summed E-state index contributed by atoms with van der Waals surface area (Å²) in [5, 5.41) is 8.77. The molecule has 0 aliphatic carbocycles. The molecule has 5 N–H and O–H groups in total. The van der Waals surface area contributed by atoms with Gasteiger partial charge in [-0.15, -0.1) is 11.8 Å². The fourth-order valence-corrected chi connectivity index (χ4v) is 6.80. The second kappa shape index (κ2) is 9.84. The molecule has 1 heterocycles. The number of carboxylic acids is 1. The molecule has 2 aromatic rings. The molecule has 0 saturated carbocycles. The van der Waals surface area contributed by atoms with Crippen molar-refractivity contribution < 1.29 is 28.1 Å². The van der Waals surface area contributed by atoms with E-state index in [-0.39, 0.29) is 21.8 Å². The van der Waals surface area contributed by atoms with Crippen LogP contribution in [0.15, 0.2) is 58.3 Å². The van der Waals surface area contributed by atoms with E-state index in [4.69, 9.17) is 15.6 Å². The van der Waals surface area contributed by atoms with E-state index in [1.165, 1.54) is 17.8 Å². The maximum atomic E-state index is 13.5. The van der Waals surface area contributed by atoms with E-state index in [0.29, 0.717) is 29.1 Å². The van der Waals surface area contributed by atoms with Crippen LogP contribution in [0.3, 0.4) is 0 Å². The summed E-state index contributed by atoms with van der Waals surface area (Å²) in [7, 11) is -3.25. The van der Waals surface area contributed by atoms with Gasteiger partial charge in [-0.1, -0.05) is 13.8 Å². The molecule has 33 heavy (non-hydrogen) atoms. The number of carbonyl (C=O) groups is 1. The Morgan fingerprint density at radius 2 is 1.91 bits per heavy atom. The molecule has 10 heteroatoms. The first-order valence-corrected chi connectivity index (χ1v) is 13.4. The highest BCUT2D eigenvalue weighted by molar-refractivity contribution is 8.24. The van der Waals surface area contributed by atoms with Crippen LogP contribution in [0.4, 0.5) is 21.5 Å². The highest BCUT2D eigenvalue weighted by Gasteiger charge is 2.41. The Hall–Kier alpha value is -2.40. The molecule has 1 aliphatic rings. The molecule has 2 aromatic carbocycles. The first-order chi connectivity index (χ1) is 15.6. The van der Waals surface area contributed by atoms with Crippen LogP contribution in [0.5, 0.6) is 5.75 Å². The normalized spacial score (nSPS) is 18.2. The summed E-state index contributed by atoms with van der Waals surface area (Å²) in [6, 6.07) is 10.6. The number of ether oxygens (including phenoxy) is 1. The molecular weight excluding hydrogens is 467 g/mol. The summed E-state index contributed by atoms with van der Waals surface area (Å²) in [6.07, 6.45) is 3.79. The highest BCUT2D eigenvalue weighted by atomic mass is 32.3. The van der Waals surface area contributed by atoms with Crippen LogP contribution < -0.4 is 15.4 Å². The standard InChI is InChI=1S/C23H29FN2O5S2/c1-4-23(5-2)13-26(16-8-6-15(25)7-9-16)18-10-20(32-3)19(31-12-17(24)22(27)28)11-21(18)33(29,30)14-23/h6-12,29-30H,4-5,13-14,25H2,1-3H3,(H,27,28)/b17-12-. The Morgan fingerprint density at radius 3 is 2.45 bits per heavy atom. The number of thioether (sulfide) groups is 1. The van der Waals surface area contributed by atoms with Crippen LogP contribution in [0.25, 0.3) is 0 Å². The fraction of sp³-hybridized carbons (Fsp3) is 0.348. The Bertz CT molecular complexity index is 1060. The number of aliphatic carboxylic acids is 1. The number of nitrogens with zero attached hydrogens (tertiary/aromatic N) is 1. The number of halogens is 1. The minimum atomic E-state index is -3.25. The molecule has 7 nitrogen and oxygen atoms in total. The molecule has 0 atom stereocenters. The lowest BCUT2D eigenvalue weighted by Gasteiger charge is -2.40. The Balaban J connectivity index is 2.23. The first kappa shape index (κ1) is 25.2. The predicted molar refractivity (Wildman–Crippen MR) is 133 cm³/mol. The number of fused-ring (bicyclic) bond motifs is 1. The predicted octanol–water partition coefficient (Wildman–Crippen LogP) is 6.33. The quantitative estimate of drug-likeness (QED) is 0.152. The van der Waals surface area contributed by atoms with Gasteiger partial charge in [-0.05, 0) is 49.4 Å². The van der Waals surface area contributed by atoms with Gasteiger partial charge in [-0.2, -0.15) is 15.0 Å². The molecule has 1 aliphatic heterocycles. The Labute approximate surface area is 198 Å². The van der Waals surface area contributed by atoms with Gasteiger partial charge < -0.3 is 20.5 Å². The second-order valence-corrected chi connectivity index (χ2v) is 11.0. The molecule has 0 bridgehead atoms. The third-order valence-electron chi connectivity index (χ3n) is 6.09. The van der Waals surface area contributed by atoms with E-state index >= 15 is 0 Å². The van der Waals surface area contributed by atoms with Crippen molar-refractivity contribution in [1.29, 1.82) is 0 Å². The zero-order valence-electron chi connectivity index (χ0n) is 18.7. The average molecular weight is 497 g/mol. The maximum Gasteiger partial charge on any atom is 0.368 e. The number of hydrogen-bond donors (Lipinski definition) is 4. The van der Waals surface area contributed by atoms with E-state index < -0.39 is 22.4 Å². The van der Waals surface area contributed by atoms with Crippen molar-refractivity contribution in [2.45, 2.75) is 36.5 Å². The lowest BCUT2D eigenvalue weighted by Crippen LogP contribution is -2.36. The number of rotatable bonds is 7. The topological polar surface area (TPSA) is 116 Å². The summed E-state index contributed by atoms with van der Waals surface area (Å²) in [6.45, 7) is 4.64. The second-order valence-electron chi connectivity index (χ2n) is 8.06. The van der Waals surface area contributed by atoms with Gasteiger partial charge >= 0.3 is 5.97 Å². The number of carboxylic acid groups (broad SMARTS) is 1. The van der Waals surface area contributed by atoms with Gasteiger partial charge in [0.25, 0.3) is 0 Å². The molecule has 0 aromatic heterocycles. The van der Waals surface area contributed by atoms with E-state index in [9.17, 15) is 18.3 Å². The number of benzene rings is 2. The summed E-state index contributed by atoms with van der Waals surface area (Å²) in [5.74, 6) is -2.88. The average Bonchev–Trinajstić information content (AvgIpc) is 2.89. The van der Waals surface area contributed by atoms with Gasteiger partial charge in [0.2, 0.25) is 5.83 Å². The lowest BCUT2D eigenvalue weighted by atomic mass is 9.83. The zero-order valence-corrected chi connectivity index (χ0v) is 20.4. The maximum absolute atomic E-state index is 13.5. The lowest BCUT2D eigenvalue weighted by molar-refractivity contribution is -0.134. The van der Waals surface area contributed by atoms with Crippen LogP contribution in [0.2, 0.25) is 0 Å².